The second kappa shape index (κ2) is 7.66. The predicted octanol–water partition coefficient (Wildman–Crippen LogP) is 2.61. The molecule has 0 aliphatic rings. The number of carbonyl (C=O) groups excluding carboxylic acids is 1. The van der Waals surface area contributed by atoms with Crippen molar-refractivity contribution < 1.29 is 4.79 Å². The van der Waals surface area contributed by atoms with Gasteiger partial charge in [0.2, 0.25) is 5.95 Å². The van der Waals surface area contributed by atoms with Crippen molar-refractivity contribution in [3.8, 4) is 6.07 Å². The van der Waals surface area contributed by atoms with Crippen LogP contribution in [0.15, 0.2) is 61.1 Å². The van der Waals surface area contributed by atoms with Gasteiger partial charge in [-0.1, -0.05) is 18.2 Å². The Hall–Kier alpha value is -3.79. The molecule has 1 amide bonds. The third kappa shape index (κ3) is 4.14. The molecule has 0 atom stereocenters. The number of carbonyl (C=O) groups is 1. The first kappa shape index (κ1) is 16.1. The summed E-state index contributed by atoms with van der Waals surface area (Å²) in [6, 6.07) is 14.5. The topological polar surface area (TPSA) is 104 Å². The molecule has 7 nitrogen and oxygen atoms in total. The van der Waals surface area contributed by atoms with Crippen molar-refractivity contribution in [3.63, 3.8) is 0 Å². The first-order chi connectivity index (χ1) is 12.3. The number of hydrogen-bond acceptors (Lipinski definition) is 6. The number of hydrogen-bond donors (Lipinski definition) is 2. The summed E-state index contributed by atoms with van der Waals surface area (Å²) in [7, 11) is 0. The minimum absolute atomic E-state index is 0.302. The number of pyridine rings is 1. The van der Waals surface area contributed by atoms with Crippen LogP contribution in [0, 0.1) is 11.3 Å². The van der Waals surface area contributed by atoms with E-state index in [2.05, 4.69) is 25.6 Å². The fraction of sp³-hybridized carbons (Fsp3) is 0.0556. The number of amides is 1. The lowest BCUT2D eigenvalue weighted by molar-refractivity contribution is 0.102. The SMILES string of the molecule is N#Cc1ccccc1NC(=O)c1cnc(NCc2ccccn2)nc1. The van der Waals surface area contributed by atoms with Gasteiger partial charge in [0.05, 0.1) is 29.1 Å². The van der Waals surface area contributed by atoms with E-state index < -0.39 is 0 Å². The molecule has 3 aromatic rings. The average molecular weight is 330 g/mol. The van der Waals surface area contributed by atoms with Crippen LogP contribution in [0.5, 0.6) is 0 Å². The molecule has 1 aromatic carbocycles. The quantitative estimate of drug-likeness (QED) is 0.745. The lowest BCUT2D eigenvalue weighted by atomic mass is 10.2. The Morgan fingerprint density at radius 1 is 1.04 bits per heavy atom. The zero-order valence-electron chi connectivity index (χ0n) is 13.2. The van der Waals surface area contributed by atoms with Crippen LogP contribution in [-0.4, -0.2) is 20.9 Å². The molecule has 0 bridgehead atoms. The summed E-state index contributed by atoms with van der Waals surface area (Å²) in [4.78, 5) is 24.7. The van der Waals surface area contributed by atoms with E-state index in [1.807, 2.05) is 24.3 Å². The molecular formula is C18H14N6O. The van der Waals surface area contributed by atoms with Gasteiger partial charge in [-0.25, -0.2) is 9.97 Å². The Morgan fingerprint density at radius 3 is 2.52 bits per heavy atom. The van der Waals surface area contributed by atoms with Crippen molar-refractivity contribution >= 4 is 17.5 Å². The lowest BCUT2D eigenvalue weighted by Gasteiger charge is -2.07. The van der Waals surface area contributed by atoms with Gasteiger partial charge in [-0.3, -0.25) is 9.78 Å². The summed E-state index contributed by atoms with van der Waals surface area (Å²) >= 11 is 0. The van der Waals surface area contributed by atoms with Gasteiger partial charge >= 0.3 is 0 Å². The van der Waals surface area contributed by atoms with E-state index in [4.69, 9.17) is 5.26 Å². The highest BCUT2D eigenvalue weighted by atomic mass is 16.1. The molecule has 0 aliphatic heterocycles. The zero-order valence-corrected chi connectivity index (χ0v) is 13.2. The molecule has 25 heavy (non-hydrogen) atoms. The fourth-order valence-electron chi connectivity index (χ4n) is 2.09. The Morgan fingerprint density at radius 2 is 1.80 bits per heavy atom. The zero-order chi connectivity index (χ0) is 17.5. The van der Waals surface area contributed by atoms with Crippen molar-refractivity contribution in [1.82, 2.24) is 15.0 Å². The highest BCUT2D eigenvalue weighted by Gasteiger charge is 2.10. The van der Waals surface area contributed by atoms with Crippen molar-refractivity contribution in [3.05, 3.63) is 77.9 Å². The Balaban J connectivity index is 1.63. The Bertz CT molecular complexity index is 903. The Kier molecular flexibility index (Phi) is 4.93. The van der Waals surface area contributed by atoms with E-state index in [1.165, 1.54) is 12.4 Å². The molecule has 0 saturated carbocycles. The number of aromatic nitrogens is 3. The third-order valence-electron chi connectivity index (χ3n) is 3.36. The van der Waals surface area contributed by atoms with E-state index in [1.54, 1.807) is 30.5 Å². The molecule has 3 rings (SSSR count). The summed E-state index contributed by atoms with van der Waals surface area (Å²) in [5, 5.41) is 14.8. The standard InChI is InChI=1S/C18H14N6O/c19-9-13-5-1-2-7-16(13)24-17(25)14-10-21-18(22-11-14)23-12-15-6-3-4-8-20-15/h1-8,10-11H,12H2,(H,24,25)(H,21,22,23). The van der Waals surface area contributed by atoms with Crippen LogP contribution < -0.4 is 10.6 Å². The molecule has 0 unspecified atom stereocenters. The summed E-state index contributed by atoms with van der Waals surface area (Å²) in [6.45, 7) is 0.488. The number of nitrogens with one attached hydrogen (secondary N) is 2. The maximum atomic E-state index is 12.2. The maximum Gasteiger partial charge on any atom is 0.258 e. The van der Waals surface area contributed by atoms with Crippen LogP contribution in [0.3, 0.4) is 0 Å². The molecule has 0 aliphatic carbocycles. The largest absolute Gasteiger partial charge is 0.349 e. The van der Waals surface area contributed by atoms with Crippen LogP contribution in [0.25, 0.3) is 0 Å². The fourth-order valence-corrected chi connectivity index (χ4v) is 2.09. The monoisotopic (exact) mass is 330 g/mol. The van der Waals surface area contributed by atoms with Gasteiger partial charge in [0.1, 0.15) is 6.07 Å². The summed E-state index contributed by atoms with van der Waals surface area (Å²) in [5.74, 6) is 0.0265. The van der Waals surface area contributed by atoms with Crippen LogP contribution in [0.4, 0.5) is 11.6 Å². The van der Waals surface area contributed by atoms with Gasteiger partial charge in [-0.15, -0.1) is 0 Å². The minimum atomic E-state index is -0.376. The maximum absolute atomic E-state index is 12.2. The van der Waals surface area contributed by atoms with Gasteiger partial charge in [0.25, 0.3) is 5.91 Å². The van der Waals surface area contributed by atoms with Crippen LogP contribution in [0.2, 0.25) is 0 Å². The highest BCUT2D eigenvalue weighted by Crippen LogP contribution is 2.14. The molecule has 7 heteroatoms. The smallest absolute Gasteiger partial charge is 0.258 e. The van der Waals surface area contributed by atoms with E-state index in [9.17, 15) is 4.79 Å². The third-order valence-corrected chi connectivity index (χ3v) is 3.36. The molecule has 0 saturated heterocycles. The van der Waals surface area contributed by atoms with Crippen molar-refractivity contribution in [2.75, 3.05) is 10.6 Å². The van der Waals surface area contributed by atoms with Gasteiger partial charge in [0, 0.05) is 18.6 Å². The van der Waals surface area contributed by atoms with Crippen molar-refractivity contribution in [1.29, 1.82) is 5.26 Å². The normalized spacial score (nSPS) is 9.88. The summed E-state index contributed by atoms with van der Waals surface area (Å²) in [5.41, 5.74) is 2.01. The number of nitrogens with zero attached hydrogens (tertiary/aromatic N) is 4. The van der Waals surface area contributed by atoms with Gasteiger partial charge in [-0.2, -0.15) is 5.26 Å². The molecule has 0 spiro atoms. The average Bonchev–Trinajstić information content (AvgIpc) is 2.68. The summed E-state index contributed by atoms with van der Waals surface area (Å²) in [6.07, 6.45) is 4.57. The molecule has 2 N–H and O–H groups in total. The van der Waals surface area contributed by atoms with E-state index in [0.29, 0.717) is 29.3 Å². The van der Waals surface area contributed by atoms with Crippen LogP contribution in [-0.2, 0) is 6.54 Å². The molecular weight excluding hydrogens is 316 g/mol. The van der Waals surface area contributed by atoms with Crippen molar-refractivity contribution in [2.45, 2.75) is 6.54 Å². The molecule has 2 aromatic heterocycles. The highest BCUT2D eigenvalue weighted by molar-refractivity contribution is 6.04. The first-order valence-corrected chi connectivity index (χ1v) is 7.52. The first-order valence-electron chi connectivity index (χ1n) is 7.52. The van der Waals surface area contributed by atoms with Crippen LogP contribution >= 0.6 is 0 Å². The number of anilines is 2. The number of nitriles is 1. The van der Waals surface area contributed by atoms with Gasteiger partial charge < -0.3 is 10.6 Å². The molecule has 122 valence electrons. The Labute approximate surface area is 144 Å². The predicted molar refractivity (Wildman–Crippen MR) is 92.7 cm³/mol. The van der Waals surface area contributed by atoms with E-state index >= 15 is 0 Å². The van der Waals surface area contributed by atoms with Crippen molar-refractivity contribution in [2.24, 2.45) is 0 Å². The molecule has 0 radical (unpaired) electrons. The number of benzene rings is 1. The lowest BCUT2D eigenvalue weighted by Crippen LogP contribution is -2.14. The molecule has 2 heterocycles. The minimum Gasteiger partial charge on any atom is -0.349 e. The second-order valence-electron chi connectivity index (χ2n) is 5.08. The second-order valence-corrected chi connectivity index (χ2v) is 5.08. The molecule has 0 fully saturated rings. The summed E-state index contributed by atoms with van der Waals surface area (Å²) < 4.78 is 0. The van der Waals surface area contributed by atoms with Gasteiger partial charge in [0.15, 0.2) is 0 Å². The van der Waals surface area contributed by atoms with E-state index in [-0.39, 0.29) is 5.91 Å². The van der Waals surface area contributed by atoms with E-state index in [0.717, 1.165) is 5.69 Å². The van der Waals surface area contributed by atoms with Crippen LogP contribution in [0.1, 0.15) is 21.6 Å². The number of para-hydroxylation sites is 1. The van der Waals surface area contributed by atoms with Gasteiger partial charge in [-0.05, 0) is 24.3 Å². The number of rotatable bonds is 5.